The van der Waals surface area contributed by atoms with Gasteiger partial charge >= 0.3 is 12.1 Å². The van der Waals surface area contributed by atoms with Crippen molar-refractivity contribution in [3.8, 4) is 23.0 Å². The molecule has 4 rings (SSSR count). The maximum atomic E-state index is 12.4. The van der Waals surface area contributed by atoms with E-state index < -0.39 is 12.1 Å². The number of carbonyl (C=O) groups excluding carboxylic acids is 2. The lowest BCUT2D eigenvalue weighted by Crippen LogP contribution is -2.35. The first kappa shape index (κ1) is 21.2. The molecule has 2 aromatic carbocycles. The summed E-state index contributed by atoms with van der Waals surface area (Å²) < 4.78 is 5.55. The van der Waals surface area contributed by atoms with Gasteiger partial charge < -0.3 is 20.5 Å². The molecule has 0 aliphatic heterocycles. The number of amides is 2. The van der Waals surface area contributed by atoms with Crippen molar-refractivity contribution in [3.05, 3.63) is 71.3 Å². The molecular weight excluding hydrogens is 408 g/mol. The minimum atomic E-state index is -1.24. The van der Waals surface area contributed by atoms with E-state index in [1.807, 2.05) is 30.2 Å². The molecule has 32 heavy (non-hydrogen) atoms. The molecule has 7 heteroatoms. The maximum Gasteiger partial charge on any atom is 0.407 e. The fourth-order valence-corrected chi connectivity index (χ4v) is 4.18. The third kappa shape index (κ3) is 4.65. The average Bonchev–Trinajstić information content (AvgIpc) is 3.38. The molecule has 2 amide bonds. The van der Waals surface area contributed by atoms with Gasteiger partial charge in [0.2, 0.25) is 5.91 Å². The highest BCUT2D eigenvalue weighted by molar-refractivity contribution is 5.94. The number of hydrogen-bond donors (Lipinski definition) is 3. The van der Waals surface area contributed by atoms with Crippen molar-refractivity contribution in [2.24, 2.45) is 0 Å². The highest BCUT2D eigenvalue weighted by Gasteiger charge is 2.29. The first-order valence-corrected chi connectivity index (χ1v) is 10.3. The number of carboxylic acid groups (broad SMARTS) is 1. The lowest BCUT2D eigenvalue weighted by Gasteiger charge is -2.17. The van der Waals surface area contributed by atoms with Crippen LogP contribution < -0.4 is 10.6 Å². The molecule has 162 valence electrons. The summed E-state index contributed by atoms with van der Waals surface area (Å²) in [5.74, 6) is 2.70. The summed E-state index contributed by atoms with van der Waals surface area (Å²) >= 11 is 0. The summed E-state index contributed by atoms with van der Waals surface area (Å²) in [4.78, 5) is 34.9. The number of carboxylic acids is 1. The van der Waals surface area contributed by atoms with Crippen LogP contribution in [-0.2, 0) is 14.3 Å². The summed E-state index contributed by atoms with van der Waals surface area (Å²) in [5, 5.41) is 13.8. The second-order valence-corrected chi connectivity index (χ2v) is 7.63. The van der Waals surface area contributed by atoms with Crippen molar-refractivity contribution in [3.63, 3.8) is 0 Å². The number of carbonyl (C=O) groups is 3. The van der Waals surface area contributed by atoms with E-state index in [-0.39, 0.29) is 31.0 Å². The van der Waals surface area contributed by atoms with Crippen molar-refractivity contribution in [2.45, 2.75) is 24.8 Å². The van der Waals surface area contributed by atoms with Gasteiger partial charge in [0.1, 0.15) is 6.61 Å². The van der Waals surface area contributed by atoms with Gasteiger partial charge in [0.25, 0.3) is 0 Å². The zero-order chi connectivity index (χ0) is 22.5. The first-order valence-electron chi connectivity index (χ1n) is 10.3. The minimum Gasteiger partial charge on any atom is -0.472 e. The van der Waals surface area contributed by atoms with Crippen molar-refractivity contribution in [1.82, 2.24) is 10.6 Å². The Labute approximate surface area is 185 Å². The molecule has 0 radical (unpaired) electrons. The molecule has 0 aromatic heterocycles. The first-order chi connectivity index (χ1) is 15.5. The zero-order valence-electron chi connectivity index (χ0n) is 17.3. The third-order valence-electron chi connectivity index (χ3n) is 5.61. The normalized spacial score (nSPS) is 16.1. The molecule has 1 unspecified atom stereocenters. The molecule has 1 atom stereocenters. The van der Waals surface area contributed by atoms with Crippen LogP contribution in [-0.4, -0.2) is 42.3 Å². The maximum absolute atomic E-state index is 12.4. The van der Waals surface area contributed by atoms with Gasteiger partial charge in [-0.3, -0.25) is 4.79 Å². The molecule has 0 spiro atoms. The van der Waals surface area contributed by atoms with Gasteiger partial charge in [0.15, 0.2) is 0 Å². The smallest absolute Gasteiger partial charge is 0.407 e. The third-order valence-corrected chi connectivity index (χ3v) is 5.61. The van der Waals surface area contributed by atoms with E-state index in [4.69, 9.17) is 9.84 Å². The SMILES string of the molecule is O=C(O)C#CCNC(=O)C1=CCC(NC(=O)OCC2c3ccccc3-c3ccccc32)C1. The molecule has 0 bridgehead atoms. The van der Waals surface area contributed by atoms with Gasteiger partial charge in [-0.15, -0.1) is 0 Å². The van der Waals surface area contributed by atoms with Gasteiger partial charge in [-0.2, -0.15) is 0 Å². The number of alkyl carbamates (subject to hydrolysis) is 1. The van der Waals surface area contributed by atoms with E-state index >= 15 is 0 Å². The van der Waals surface area contributed by atoms with Crippen molar-refractivity contribution in [1.29, 1.82) is 0 Å². The van der Waals surface area contributed by atoms with Crippen LogP contribution in [0.15, 0.2) is 60.2 Å². The summed E-state index contributed by atoms with van der Waals surface area (Å²) in [6, 6.07) is 16.1. The summed E-state index contributed by atoms with van der Waals surface area (Å²) in [5.41, 5.74) is 5.16. The van der Waals surface area contributed by atoms with Gasteiger partial charge in [-0.05, 0) is 35.1 Å². The number of rotatable bonds is 5. The fourth-order valence-electron chi connectivity index (χ4n) is 4.18. The van der Waals surface area contributed by atoms with Crippen LogP contribution in [0.3, 0.4) is 0 Å². The van der Waals surface area contributed by atoms with Crippen LogP contribution >= 0.6 is 0 Å². The lowest BCUT2D eigenvalue weighted by atomic mass is 9.98. The summed E-state index contributed by atoms with van der Waals surface area (Å²) in [6.45, 7) is 0.183. The Morgan fingerprint density at radius 3 is 2.34 bits per heavy atom. The number of benzene rings is 2. The quantitative estimate of drug-likeness (QED) is 0.633. The fraction of sp³-hybridized carbons (Fsp3) is 0.240. The predicted molar refractivity (Wildman–Crippen MR) is 118 cm³/mol. The van der Waals surface area contributed by atoms with Crippen LogP contribution in [0.1, 0.15) is 29.9 Å². The van der Waals surface area contributed by atoms with Crippen LogP contribution in [0.5, 0.6) is 0 Å². The Morgan fingerprint density at radius 1 is 1.03 bits per heavy atom. The minimum absolute atomic E-state index is 0.0110. The topological polar surface area (TPSA) is 105 Å². The lowest BCUT2D eigenvalue weighted by molar-refractivity contribution is -0.130. The van der Waals surface area contributed by atoms with Gasteiger partial charge in [0.05, 0.1) is 6.54 Å². The molecule has 0 heterocycles. The standard InChI is InChI=1S/C25H22N2O5/c28-23(29)10-5-13-26-24(30)16-11-12-17(14-16)27-25(31)32-15-22-20-8-3-1-6-18(20)19-7-2-4-9-21(19)22/h1-4,6-9,11,17,22H,12-15H2,(H,26,30)(H,27,31)(H,28,29). The zero-order valence-corrected chi connectivity index (χ0v) is 17.3. The largest absolute Gasteiger partial charge is 0.472 e. The molecule has 0 saturated carbocycles. The van der Waals surface area contributed by atoms with Crippen LogP contribution in [0.25, 0.3) is 11.1 Å². The Bertz CT molecular complexity index is 1110. The second kappa shape index (κ2) is 9.40. The molecule has 2 aromatic rings. The number of hydrogen-bond acceptors (Lipinski definition) is 4. The number of ether oxygens (including phenoxy) is 1. The predicted octanol–water partition coefficient (Wildman–Crippen LogP) is 2.82. The van der Waals surface area contributed by atoms with Gasteiger partial charge in [-0.1, -0.05) is 60.5 Å². The molecule has 7 nitrogen and oxygen atoms in total. The summed E-state index contributed by atoms with van der Waals surface area (Å²) in [7, 11) is 0. The van der Waals surface area contributed by atoms with Crippen molar-refractivity contribution in [2.75, 3.05) is 13.2 Å². The molecule has 2 aliphatic rings. The molecular formula is C25H22N2O5. The Kier molecular flexibility index (Phi) is 6.22. The van der Waals surface area contributed by atoms with E-state index in [0.717, 1.165) is 11.1 Å². The number of fused-ring (bicyclic) bond motifs is 3. The monoisotopic (exact) mass is 430 g/mol. The highest BCUT2D eigenvalue weighted by Crippen LogP contribution is 2.44. The van der Waals surface area contributed by atoms with Crippen LogP contribution in [0, 0.1) is 11.8 Å². The molecule has 2 aliphatic carbocycles. The van der Waals surface area contributed by atoms with E-state index in [2.05, 4.69) is 40.8 Å². The Balaban J connectivity index is 1.27. The van der Waals surface area contributed by atoms with E-state index in [1.165, 1.54) is 11.1 Å². The molecule has 3 N–H and O–H groups in total. The van der Waals surface area contributed by atoms with Crippen LogP contribution in [0.2, 0.25) is 0 Å². The Morgan fingerprint density at radius 2 is 1.69 bits per heavy atom. The number of nitrogens with one attached hydrogen (secondary N) is 2. The average molecular weight is 430 g/mol. The molecule has 0 fully saturated rings. The Hall–Kier alpha value is -4.05. The van der Waals surface area contributed by atoms with E-state index in [0.29, 0.717) is 18.4 Å². The second-order valence-electron chi connectivity index (χ2n) is 7.63. The molecule has 0 saturated heterocycles. The van der Waals surface area contributed by atoms with Crippen molar-refractivity contribution < 1.29 is 24.2 Å². The van der Waals surface area contributed by atoms with E-state index in [9.17, 15) is 14.4 Å². The summed E-state index contributed by atoms with van der Waals surface area (Å²) in [6.07, 6.45) is 2.14. The van der Waals surface area contributed by atoms with E-state index in [1.54, 1.807) is 6.08 Å². The number of aliphatic carboxylic acids is 1. The van der Waals surface area contributed by atoms with Gasteiger partial charge in [0, 0.05) is 23.5 Å². The van der Waals surface area contributed by atoms with Crippen LogP contribution in [0.4, 0.5) is 4.79 Å². The highest BCUT2D eigenvalue weighted by atomic mass is 16.5. The van der Waals surface area contributed by atoms with Gasteiger partial charge in [-0.25, -0.2) is 9.59 Å². The van der Waals surface area contributed by atoms with Crippen molar-refractivity contribution >= 4 is 18.0 Å².